The molecule has 0 heterocycles. The minimum Gasteiger partial charge on any atom is -0.324 e. The molecule has 0 aliphatic rings. The Morgan fingerprint density at radius 2 is 1.64 bits per heavy atom. The Kier molecular flexibility index (Phi) is 4.88. The van der Waals surface area contributed by atoms with E-state index in [-0.39, 0.29) is 6.54 Å². The van der Waals surface area contributed by atoms with Crippen molar-refractivity contribution in [1.82, 2.24) is 4.90 Å². The van der Waals surface area contributed by atoms with Crippen molar-refractivity contribution in [2.75, 3.05) is 19.6 Å². The van der Waals surface area contributed by atoms with Gasteiger partial charge in [-0.15, -0.1) is 0 Å². The summed E-state index contributed by atoms with van der Waals surface area (Å²) in [5.74, 6) is 0. The predicted octanol–water partition coefficient (Wildman–Crippen LogP) is 2.00. The lowest BCUT2D eigenvalue weighted by Gasteiger charge is -2.31. The van der Waals surface area contributed by atoms with Gasteiger partial charge in [0.05, 0.1) is 6.54 Å². The van der Waals surface area contributed by atoms with E-state index in [1.807, 2.05) is 6.92 Å². The topological polar surface area (TPSA) is 29.3 Å². The highest BCUT2D eigenvalue weighted by molar-refractivity contribution is 4.81. The minimum atomic E-state index is -4.14. The maximum atomic E-state index is 12.1. The fourth-order valence-electron chi connectivity index (χ4n) is 1.16. The van der Waals surface area contributed by atoms with Crippen LogP contribution in [0.3, 0.4) is 0 Å². The molecule has 86 valence electrons. The number of hydrogen-bond donors (Lipinski definition) is 1. The first kappa shape index (κ1) is 13.7. The summed E-state index contributed by atoms with van der Waals surface area (Å²) in [6, 6.07) is 0. The molecule has 1 unspecified atom stereocenters. The van der Waals surface area contributed by atoms with E-state index in [1.54, 1.807) is 13.8 Å². The predicted molar refractivity (Wildman–Crippen MR) is 51.1 cm³/mol. The molecule has 5 heteroatoms. The Bertz CT molecular complexity index is 166. The molecule has 0 amide bonds. The van der Waals surface area contributed by atoms with Crippen LogP contribution in [0.25, 0.3) is 0 Å². The van der Waals surface area contributed by atoms with Crippen LogP contribution in [0.5, 0.6) is 0 Å². The quantitative estimate of drug-likeness (QED) is 0.755. The first-order valence-electron chi connectivity index (χ1n) is 4.78. The maximum Gasteiger partial charge on any atom is 0.401 e. The van der Waals surface area contributed by atoms with Gasteiger partial charge in [0.25, 0.3) is 0 Å². The third-order valence-corrected chi connectivity index (χ3v) is 2.24. The fourth-order valence-corrected chi connectivity index (χ4v) is 1.16. The summed E-state index contributed by atoms with van der Waals surface area (Å²) >= 11 is 0. The van der Waals surface area contributed by atoms with Crippen molar-refractivity contribution < 1.29 is 13.2 Å². The molecule has 1 atom stereocenters. The molecule has 0 aliphatic carbocycles. The smallest absolute Gasteiger partial charge is 0.324 e. The van der Waals surface area contributed by atoms with Gasteiger partial charge in [-0.25, -0.2) is 0 Å². The number of likely N-dealkylation sites (N-methyl/N-ethyl adjacent to an activating group) is 1. The lowest BCUT2D eigenvalue weighted by molar-refractivity contribution is -0.146. The Balaban J connectivity index is 4.17. The van der Waals surface area contributed by atoms with Crippen LogP contribution in [0.1, 0.15) is 27.2 Å². The number of halogens is 3. The van der Waals surface area contributed by atoms with Gasteiger partial charge in [-0.1, -0.05) is 13.8 Å². The van der Waals surface area contributed by atoms with E-state index >= 15 is 0 Å². The molecule has 0 rings (SSSR count). The molecule has 0 fully saturated rings. The molecule has 0 bridgehead atoms. The molecular formula is C9H19F3N2. The monoisotopic (exact) mass is 212 g/mol. The summed E-state index contributed by atoms with van der Waals surface area (Å²) in [6.45, 7) is 5.12. The average Bonchev–Trinajstić information content (AvgIpc) is 2.00. The molecule has 0 saturated carbocycles. The molecule has 0 spiro atoms. The Hall–Kier alpha value is -0.290. The number of rotatable bonds is 5. The number of alkyl halides is 3. The van der Waals surface area contributed by atoms with E-state index in [0.29, 0.717) is 13.0 Å². The molecule has 14 heavy (non-hydrogen) atoms. The van der Waals surface area contributed by atoms with E-state index in [4.69, 9.17) is 5.73 Å². The second kappa shape index (κ2) is 4.98. The summed E-state index contributed by atoms with van der Waals surface area (Å²) in [7, 11) is 0. The zero-order chi connectivity index (χ0) is 11.4. The van der Waals surface area contributed by atoms with Gasteiger partial charge in [-0.3, -0.25) is 4.90 Å². The highest BCUT2D eigenvalue weighted by Crippen LogP contribution is 2.18. The Morgan fingerprint density at radius 3 is 1.93 bits per heavy atom. The normalized spacial score (nSPS) is 17.1. The third-order valence-electron chi connectivity index (χ3n) is 2.24. The van der Waals surface area contributed by atoms with Crippen LogP contribution in [0.4, 0.5) is 13.2 Å². The van der Waals surface area contributed by atoms with Gasteiger partial charge in [0, 0.05) is 12.1 Å². The molecule has 0 aliphatic heterocycles. The van der Waals surface area contributed by atoms with Crippen molar-refractivity contribution in [3.8, 4) is 0 Å². The second-order valence-electron chi connectivity index (χ2n) is 3.93. The third kappa shape index (κ3) is 6.21. The van der Waals surface area contributed by atoms with Gasteiger partial charge in [-0.05, 0) is 19.9 Å². The molecule has 0 aromatic rings. The molecule has 0 aromatic carbocycles. The van der Waals surface area contributed by atoms with Crippen molar-refractivity contribution in [2.45, 2.75) is 38.9 Å². The molecular weight excluding hydrogens is 193 g/mol. The number of hydrogen-bond acceptors (Lipinski definition) is 2. The van der Waals surface area contributed by atoms with Crippen LogP contribution in [-0.4, -0.2) is 36.2 Å². The summed E-state index contributed by atoms with van der Waals surface area (Å²) in [5.41, 5.74) is 5.26. The van der Waals surface area contributed by atoms with E-state index in [0.717, 1.165) is 0 Å². The van der Waals surface area contributed by atoms with Crippen LogP contribution in [0.15, 0.2) is 0 Å². The second-order valence-corrected chi connectivity index (χ2v) is 3.93. The molecule has 2 N–H and O–H groups in total. The van der Waals surface area contributed by atoms with E-state index in [1.165, 1.54) is 4.90 Å². The molecule has 0 saturated heterocycles. The van der Waals surface area contributed by atoms with Gasteiger partial charge < -0.3 is 5.73 Å². The van der Waals surface area contributed by atoms with E-state index in [2.05, 4.69) is 0 Å². The van der Waals surface area contributed by atoms with Crippen molar-refractivity contribution >= 4 is 0 Å². The Morgan fingerprint density at radius 1 is 1.14 bits per heavy atom. The summed E-state index contributed by atoms with van der Waals surface area (Å²) in [4.78, 5) is 1.32. The van der Waals surface area contributed by atoms with Crippen LogP contribution in [0, 0.1) is 0 Å². The molecule has 2 nitrogen and oxygen atoms in total. The summed E-state index contributed by atoms with van der Waals surface area (Å²) in [5, 5.41) is 0. The SMILES string of the molecule is CCN(CC(F)(F)F)CC(C)(N)CC. The van der Waals surface area contributed by atoms with Gasteiger partial charge in [0.1, 0.15) is 0 Å². The zero-order valence-electron chi connectivity index (χ0n) is 8.99. The Labute approximate surface area is 83.3 Å². The van der Waals surface area contributed by atoms with Gasteiger partial charge >= 0.3 is 6.18 Å². The largest absolute Gasteiger partial charge is 0.401 e. The van der Waals surface area contributed by atoms with Crippen molar-refractivity contribution in [3.63, 3.8) is 0 Å². The molecule has 0 aromatic heterocycles. The standard InChI is InChI=1S/C9H19F3N2/c1-4-8(3,13)6-14(5-2)7-9(10,11)12/h4-7,13H2,1-3H3. The minimum absolute atomic E-state index is 0.277. The number of nitrogens with zero attached hydrogens (tertiary/aromatic N) is 1. The van der Waals surface area contributed by atoms with Crippen LogP contribution in [0.2, 0.25) is 0 Å². The van der Waals surface area contributed by atoms with Crippen molar-refractivity contribution in [2.24, 2.45) is 5.73 Å². The van der Waals surface area contributed by atoms with Gasteiger partial charge in [-0.2, -0.15) is 13.2 Å². The first-order chi connectivity index (χ1) is 6.20. The van der Waals surface area contributed by atoms with Gasteiger partial charge in [0.15, 0.2) is 0 Å². The van der Waals surface area contributed by atoms with Crippen molar-refractivity contribution in [3.05, 3.63) is 0 Å². The highest BCUT2D eigenvalue weighted by Gasteiger charge is 2.32. The maximum absolute atomic E-state index is 12.1. The van der Waals surface area contributed by atoms with Gasteiger partial charge in [0.2, 0.25) is 0 Å². The van der Waals surface area contributed by atoms with E-state index in [9.17, 15) is 13.2 Å². The van der Waals surface area contributed by atoms with Crippen LogP contribution in [-0.2, 0) is 0 Å². The van der Waals surface area contributed by atoms with Crippen LogP contribution >= 0.6 is 0 Å². The van der Waals surface area contributed by atoms with E-state index < -0.39 is 18.3 Å². The van der Waals surface area contributed by atoms with Crippen LogP contribution < -0.4 is 5.73 Å². The lowest BCUT2D eigenvalue weighted by Crippen LogP contribution is -2.49. The van der Waals surface area contributed by atoms with Crippen molar-refractivity contribution in [1.29, 1.82) is 0 Å². The number of nitrogens with two attached hydrogens (primary N) is 1. The first-order valence-corrected chi connectivity index (χ1v) is 4.78. The summed E-state index contributed by atoms with van der Waals surface area (Å²) < 4.78 is 36.3. The zero-order valence-corrected chi connectivity index (χ0v) is 8.99. The fraction of sp³-hybridized carbons (Fsp3) is 1.00. The molecule has 0 radical (unpaired) electrons. The highest BCUT2D eigenvalue weighted by atomic mass is 19.4. The average molecular weight is 212 g/mol. The lowest BCUT2D eigenvalue weighted by atomic mass is 10.00. The summed E-state index contributed by atoms with van der Waals surface area (Å²) in [6.07, 6.45) is -3.47.